The maximum absolute atomic E-state index is 6.04. The van der Waals surface area contributed by atoms with Crippen LogP contribution in [-0.4, -0.2) is 46.6 Å². The van der Waals surface area contributed by atoms with E-state index in [0.717, 1.165) is 44.6 Å². The minimum atomic E-state index is 0.00529. The van der Waals surface area contributed by atoms with Crippen molar-refractivity contribution in [1.82, 2.24) is 4.90 Å². The Morgan fingerprint density at radius 1 is 1.43 bits per heavy atom. The monoisotopic (exact) mass is 322 g/mol. The molecule has 2 N–H and O–H groups in total. The van der Waals surface area contributed by atoms with Crippen molar-refractivity contribution in [2.45, 2.75) is 30.1 Å². The second kappa shape index (κ2) is 6.15. The molecule has 0 aliphatic carbocycles. The summed E-state index contributed by atoms with van der Waals surface area (Å²) in [6.07, 6.45) is 5.52. The average molecular weight is 322 g/mol. The summed E-state index contributed by atoms with van der Waals surface area (Å²) in [5.74, 6) is 1.06. The number of fused-ring (bicyclic) bond motifs is 1. The van der Waals surface area contributed by atoms with Gasteiger partial charge in [0.05, 0.1) is 9.74 Å². The van der Waals surface area contributed by atoms with Gasteiger partial charge in [0.1, 0.15) is 11.9 Å². The first-order valence-corrected chi connectivity index (χ1v) is 9.08. The fourth-order valence-electron chi connectivity index (χ4n) is 3.29. The van der Waals surface area contributed by atoms with Crippen LogP contribution in [0.25, 0.3) is 0 Å². The Balaban J connectivity index is 1.54. The lowest BCUT2D eigenvalue weighted by Crippen LogP contribution is -2.50. The summed E-state index contributed by atoms with van der Waals surface area (Å²) in [4.78, 5) is 3.16. The number of para-hydroxylation sites is 1. The van der Waals surface area contributed by atoms with E-state index in [1.54, 1.807) is 0 Å². The van der Waals surface area contributed by atoms with Gasteiger partial charge in [-0.15, -0.1) is 0 Å². The molecule has 5 heteroatoms. The number of likely N-dealkylation sites (tertiary alicyclic amines) is 1. The zero-order chi connectivity index (χ0) is 14.9. The SMILES string of the molecule is CSC1(C(N)=S)CCN(CC2Cc3ccccc3O2)CC1. The van der Waals surface area contributed by atoms with Gasteiger partial charge in [0.25, 0.3) is 0 Å². The van der Waals surface area contributed by atoms with Gasteiger partial charge < -0.3 is 10.5 Å². The van der Waals surface area contributed by atoms with E-state index < -0.39 is 0 Å². The number of piperidine rings is 1. The number of hydrogen-bond acceptors (Lipinski definition) is 4. The summed E-state index contributed by atoms with van der Waals surface area (Å²) < 4.78 is 6.04. The molecule has 1 atom stereocenters. The zero-order valence-electron chi connectivity index (χ0n) is 12.4. The van der Waals surface area contributed by atoms with Crippen molar-refractivity contribution in [1.29, 1.82) is 0 Å². The van der Waals surface area contributed by atoms with Crippen LogP contribution in [0.3, 0.4) is 0 Å². The van der Waals surface area contributed by atoms with Crippen molar-refractivity contribution in [2.75, 3.05) is 25.9 Å². The van der Waals surface area contributed by atoms with Crippen LogP contribution in [0.2, 0.25) is 0 Å². The van der Waals surface area contributed by atoms with Crippen molar-refractivity contribution in [2.24, 2.45) is 5.73 Å². The van der Waals surface area contributed by atoms with Gasteiger partial charge in [-0.2, -0.15) is 11.8 Å². The van der Waals surface area contributed by atoms with Crippen LogP contribution in [0.1, 0.15) is 18.4 Å². The van der Waals surface area contributed by atoms with E-state index in [1.807, 2.05) is 17.8 Å². The molecule has 0 amide bonds. The number of thioether (sulfide) groups is 1. The van der Waals surface area contributed by atoms with Crippen LogP contribution < -0.4 is 10.5 Å². The lowest BCUT2D eigenvalue weighted by Gasteiger charge is -2.40. The molecule has 1 aromatic rings. The molecule has 0 saturated carbocycles. The first-order valence-electron chi connectivity index (χ1n) is 7.45. The standard InChI is InChI=1S/C16H22N2OS2/c1-21-16(15(17)20)6-8-18(9-7-16)11-13-10-12-4-2-3-5-14(12)19-13/h2-5,13H,6-11H2,1H3,(H2,17,20). The topological polar surface area (TPSA) is 38.5 Å². The number of nitrogens with zero attached hydrogens (tertiary/aromatic N) is 1. The first kappa shape index (κ1) is 15.1. The zero-order valence-corrected chi connectivity index (χ0v) is 14.0. The molecule has 2 heterocycles. The highest BCUT2D eigenvalue weighted by Crippen LogP contribution is 2.35. The van der Waals surface area contributed by atoms with Gasteiger partial charge >= 0.3 is 0 Å². The largest absolute Gasteiger partial charge is 0.488 e. The highest BCUT2D eigenvalue weighted by atomic mass is 32.2. The maximum atomic E-state index is 6.04. The fourth-order valence-corrected chi connectivity index (χ4v) is 4.54. The van der Waals surface area contributed by atoms with E-state index in [-0.39, 0.29) is 10.9 Å². The Labute approximate surface area is 136 Å². The second-order valence-corrected chi connectivity index (χ2v) is 7.54. The molecule has 3 nitrogen and oxygen atoms in total. The van der Waals surface area contributed by atoms with Crippen LogP contribution in [0.15, 0.2) is 24.3 Å². The lowest BCUT2D eigenvalue weighted by molar-refractivity contribution is 0.131. The van der Waals surface area contributed by atoms with Crippen LogP contribution in [0.5, 0.6) is 5.75 Å². The number of ether oxygens (including phenoxy) is 1. The molecule has 1 aromatic carbocycles. The smallest absolute Gasteiger partial charge is 0.123 e. The van der Waals surface area contributed by atoms with Crippen molar-refractivity contribution >= 4 is 29.0 Å². The molecule has 2 aliphatic heterocycles. The van der Waals surface area contributed by atoms with Crippen LogP contribution in [0, 0.1) is 0 Å². The van der Waals surface area contributed by atoms with Gasteiger partial charge in [0.15, 0.2) is 0 Å². The summed E-state index contributed by atoms with van der Waals surface area (Å²) in [6, 6.07) is 8.35. The van der Waals surface area contributed by atoms with Crippen molar-refractivity contribution < 1.29 is 4.74 Å². The Bertz CT molecular complexity index is 502. The van der Waals surface area contributed by atoms with E-state index >= 15 is 0 Å². The number of rotatable bonds is 4. The van der Waals surface area contributed by atoms with Gasteiger partial charge in [-0.05, 0) is 30.7 Å². The molecule has 0 spiro atoms. The van der Waals surface area contributed by atoms with Gasteiger partial charge in [0, 0.05) is 26.1 Å². The van der Waals surface area contributed by atoms with Gasteiger partial charge in [-0.1, -0.05) is 30.4 Å². The summed E-state index contributed by atoms with van der Waals surface area (Å²) in [5, 5.41) is 0. The molecule has 0 aromatic heterocycles. The highest BCUT2D eigenvalue weighted by Gasteiger charge is 2.37. The maximum Gasteiger partial charge on any atom is 0.123 e. The highest BCUT2D eigenvalue weighted by molar-refractivity contribution is 8.02. The minimum Gasteiger partial charge on any atom is -0.488 e. The number of thiocarbonyl (C=S) groups is 1. The molecular weight excluding hydrogens is 300 g/mol. The van der Waals surface area contributed by atoms with Crippen molar-refractivity contribution in [3.8, 4) is 5.75 Å². The van der Waals surface area contributed by atoms with E-state index in [2.05, 4.69) is 29.4 Å². The quantitative estimate of drug-likeness (QED) is 0.862. The van der Waals surface area contributed by atoms with Crippen LogP contribution >= 0.6 is 24.0 Å². The van der Waals surface area contributed by atoms with E-state index in [9.17, 15) is 0 Å². The third kappa shape index (κ3) is 3.05. The molecule has 0 bridgehead atoms. The molecule has 0 radical (unpaired) electrons. The summed E-state index contributed by atoms with van der Waals surface area (Å²) in [5.41, 5.74) is 7.28. The molecular formula is C16H22N2OS2. The van der Waals surface area contributed by atoms with Gasteiger partial charge in [0.2, 0.25) is 0 Å². The molecule has 1 saturated heterocycles. The number of nitrogens with two attached hydrogens (primary N) is 1. The number of benzene rings is 1. The molecule has 21 heavy (non-hydrogen) atoms. The Hall–Kier alpha value is -0.780. The number of hydrogen-bond donors (Lipinski definition) is 1. The predicted octanol–water partition coefficient (Wildman–Crippen LogP) is 2.47. The predicted molar refractivity (Wildman–Crippen MR) is 93.3 cm³/mol. The summed E-state index contributed by atoms with van der Waals surface area (Å²) >= 11 is 7.08. The molecule has 1 fully saturated rings. The summed E-state index contributed by atoms with van der Waals surface area (Å²) in [6.45, 7) is 3.10. The Kier molecular flexibility index (Phi) is 4.43. The second-order valence-electron chi connectivity index (χ2n) is 5.91. The first-order chi connectivity index (χ1) is 10.1. The minimum absolute atomic E-state index is 0.00529. The Morgan fingerprint density at radius 3 is 2.76 bits per heavy atom. The molecule has 3 rings (SSSR count). The van der Waals surface area contributed by atoms with Crippen molar-refractivity contribution in [3.63, 3.8) is 0 Å². The Morgan fingerprint density at radius 2 is 2.14 bits per heavy atom. The van der Waals surface area contributed by atoms with Crippen molar-refractivity contribution in [3.05, 3.63) is 29.8 Å². The van der Waals surface area contributed by atoms with Gasteiger partial charge in [-0.25, -0.2) is 0 Å². The van der Waals surface area contributed by atoms with Crippen LogP contribution in [-0.2, 0) is 6.42 Å². The lowest BCUT2D eigenvalue weighted by atomic mass is 9.95. The van der Waals surface area contributed by atoms with E-state index in [1.165, 1.54) is 5.56 Å². The molecule has 2 aliphatic rings. The van der Waals surface area contributed by atoms with Gasteiger partial charge in [-0.3, -0.25) is 4.90 Å². The van der Waals surface area contributed by atoms with E-state index in [4.69, 9.17) is 22.7 Å². The summed E-state index contributed by atoms with van der Waals surface area (Å²) in [7, 11) is 0. The van der Waals surface area contributed by atoms with E-state index in [0.29, 0.717) is 4.99 Å². The third-order valence-corrected chi connectivity index (χ3v) is 6.61. The van der Waals surface area contributed by atoms with Crippen LogP contribution in [0.4, 0.5) is 0 Å². The normalized spacial score (nSPS) is 24.3. The fraction of sp³-hybridized carbons (Fsp3) is 0.562. The third-order valence-electron chi connectivity index (χ3n) is 4.68. The average Bonchev–Trinajstić information content (AvgIpc) is 2.90. The molecule has 1 unspecified atom stereocenters. The molecule has 114 valence electrons.